The van der Waals surface area contributed by atoms with Crippen LogP contribution < -0.4 is 14.8 Å². The highest BCUT2D eigenvalue weighted by atomic mass is 19.4. The second kappa shape index (κ2) is 10.7. The fraction of sp³-hybridized carbons (Fsp3) is 0.250. The zero-order chi connectivity index (χ0) is 26.6. The van der Waals surface area contributed by atoms with Crippen molar-refractivity contribution in [1.82, 2.24) is 5.32 Å². The molecule has 0 amide bonds. The number of ether oxygens (including phenoxy) is 2. The monoisotopic (exact) mass is 521 g/mol. The average molecular weight is 521 g/mol. The molecule has 0 bridgehead atoms. The van der Waals surface area contributed by atoms with Crippen LogP contribution in [0.15, 0.2) is 72.8 Å². The number of alkyl halides is 7. The normalized spacial score (nSPS) is 13.9. The van der Waals surface area contributed by atoms with Crippen LogP contribution in [-0.4, -0.2) is 29.5 Å². The van der Waals surface area contributed by atoms with Crippen LogP contribution in [0.3, 0.4) is 0 Å². The smallest absolute Gasteiger partial charge is 0.457 e. The molecule has 0 aliphatic carbocycles. The van der Waals surface area contributed by atoms with Crippen molar-refractivity contribution in [2.75, 3.05) is 0 Å². The van der Waals surface area contributed by atoms with Gasteiger partial charge in [0.1, 0.15) is 23.1 Å². The molecule has 0 aliphatic rings. The van der Waals surface area contributed by atoms with Crippen LogP contribution >= 0.6 is 0 Å². The van der Waals surface area contributed by atoms with Crippen LogP contribution in [0.2, 0.25) is 0 Å². The first-order chi connectivity index (χ1) is 16.8. The van der Waals surface area contributed by atoms with Gasteiger partial charge in [0.15, 0.2) is 0 Å². The summed E-state index contributed by atoms with van der Waals surface area (Å²) in [6.07, 6.45) is -15.0. The molecular formula is C24H19F8NO3. The lowest BCUT2D eigenvalue weighted by atomic mass is 10.0. The third-order valence-electron chi connectivity index (χ3n) is 4.87. The van der Waals surface area contributed by atoms with Gasteiger partial charge in [-0.25, -0.2) is 4.39 Å². The van der Waals surface area contributed by atoms with Gasteiger partial charge in [-0.15, -0.1) is 0 Å². The standard InChI is InChI=1S/C24H19F8NO3/c25-17-7-9-18(10-8-17)35-19-5-1-3-15(11-19)13-22(34,24(30,31)32)33-14-16-4-2-6-20(12-16)36-23(28,29)21(26)27/h1-12,21,33-34H,13-14H2. The molecule has 3 aromatic carbocycles. The molecule has 1 unspecified atom stereocenters. The SMILES string of the molecule is OC(Cc1cccc(Oc2ccc(F)cc2)c1)(NCc1cccc(OC(F)(F)C(F)F)c1)C(F)(F)F. The Bertz CT molecular complexity index is 1150. The summed E-state index contributed by atoms with van der Waals surface area (Å²) in [5, 5.41) is 12.4. The highest BCUT2D eigenvalue weighted by molar-refractivity contribution is 5.35. The zero-order valence-corrected chi connectivity index (χ0v) is 18.2. The molecule has 0 fully saturated rings. The molecule has 4 nitrogen and oxygen atoms in total. The van der Waals surface area contributed by atoms with E-state index in [0.717, 1.165) is 30.3 Å². The lowest BCUT2D eigenvalue weighted by Crippen LogP contribution is -2.58. The summed E-state index contributed by atoms with van der Waals surface area (Å²) in [7, 11) is 0. The van der Waals surface area contributed by atoms with E-state index in [4.69, 9.17) is 4.74 Å². The largest absolute Gasteiger partial charge is 0.461 e. The fourth-order valence-corrected chi connectivity index (χ4v) is 3.08. The summed E-state index contributed by atoms with van der Waals surface area (Å²) in [4.78, 5) is 0. The number of hydrogen-bond acceptors (Lipinski definition) is 4. The second-order valence-corrected chi connectivity index (χ2v) is 7.70. The van der Waals surface area contributed by atoms with E-state index in [9.17, 15) is 40.2 Å². The van der Waals surface area contributed by atoms with Crippen LogP contribution in [0.4, 0.5) is 35.1 Å². The van der Waals surface area contributed by atoms with Crippen LogP contribution in [0.1, 0.15) is 11.1 Å². The van der Waals surface area contributed by atoms with Gasteiger partial charge in [-0.05, 0) is 59.7 Å². The van der Waals surface area contributed by atoms with Crippen molar-refractivity contribution in [3.05, 3.63) is 89.7 Å². The average Bonchev–Trinajstić information content (AvgIpc) is 2.79. The Balaban J connectivity index is 1.74. The molecule has 3 rings (SSSR count). The molecule has 1 atom stereocenters. The molecule has 2 N–H and O–H groups in total. The molecule has 12 heteroatoms. The van der Waals surface area contributed by atoms with Crippen molar-refractivity contribution >= 4 is 0 Å². The molecular weight excluding hydrogens is 502 g/mol. The van der Waals surface area contributed by atoms with Crippen LogP contribution in [0.5, 0.6) is 17.2 Å². The van der Waals surface area contributed by atoms with E-state index in [0.29, 0.717) is 0 Å². The summed E-state index contributed by atoms with van der Waals surface area (Å²) in [5.74, 6) is -0.830. The highest BCUT2D eigenvalue weighted by Crippen LogP contribution is 2.33. The molecule has 0 saturated carbocycles. The number of benzene rings is 3. The highest BCUT2D eigenvalue weighted by Gasteiger charge is 2.53. The van der Waals surface area contributed by atoms with Gasteiger partial charge in [-0.2, -0.15) is 30.7 Å². The second-order valence-electron chi connectivity index (χ2n) is 7.70. The number of hydrogen-bond donors (Lipinski definition) is 2. The van der Waals surface area contributed by atoms with Gasteiger partial charge >= 0.3 is 18.7 Å². The molecule has 0 heterocycles. The van der Waals surface area contributed by atoms with Crippen molar-refractivity contribution in [2.24, 2.45) is 0 Å². The quantitative estimate of drug-likeness (QED) is 0.238. The van der Waals surface area contributed by atoms with Gasteiger partial charge in [0, 0.05) is 13.0 Å². The number of nitrogens with one attached hydrogen (secondary N) is 1. The molecule has 0 radical (unpaired) electrons. The minimum atomic E-state index is -5.17. The summed E-state index contributed by atoms with van der Waals surface area (Å²) in [6, 6.07) is 14.5. The first kappa shape index (κ1) is 27.2. The van der Waals surface area contributed by atoms with E-state index in [1.54, 1.807) is 0 Å². The minimum Gasteiger partial charge on any atom is -0.457 e. The summed E-state index contributed by atoms with van der Waals surface area (Å²) >= 11 is 0. The molecule has 194 valence electrons. The van der Waals surface area contributed by atoms with Crippen molar-refractivity contribution in [3.8, 4) is 17.2 Å². The van der Waals surface area contributed by atoms with E-state index < -0.39 is 49.0 Å². The number of rotatable bonds is 10. The van der Waals surface area contributed by atoms with E-state index >= 15 is 0 Å². The van der Waals surface area contributed by atoms with Crippen LogP contribution in [-0.2, 0) is 13.0 Å². The zero-order valence-electron chi connectivity index (χ0n) is 18.2. The van der Waals surface area contributed by atoms with Crippen LogP contribution in [0.25, 0.3) is 0 Å². The summed E-state index contributed by atoms with van der Waals surface area (Å²) < 4.78 is 115. The molecule has 0 spiro atoms. The van der Waals surface area contributed by atoms with Crippen molar-refractivity contribution in [2.45, 2.75) is 37.4 Å². The Morgan fingerprint density at radius 3 is 1.97 bits per heavy atom. The molecule has 0 aromatic heterocycles. The summed E-state index contributed by atoms with van der Waals surface area (Å²) in [5.41, 5.74) is -3.48. The van der Waals surface area contributed by atoms with Gasteiger partial charge < -0.3 is 14.6 Å². The first-order valence-electron chi connectivity index (χ1n) is 10.3. The lowest BCUT2D eigenvalue weighted by molar-refractivity contribution is -0.273. The van der Waals surface area contributed by atoms with Crippen LogP contribution in [0, 0.1) is 5.82 Å². The van der Waals surface area contributed by atoms with Gasteiger partial charge in [-0.3, -0.25) is 5.32 Å². The van der Waals surface area contributed by atoms with E-state index in [-0.39, 0.29) is 22.6 Å². The molecule has 0 aliphatic heterocycles. The Kier molecular flexibility index (Phi) is 8.09. The topological polar surface area (TPSA) is 50.7 Å². The van der Waals surface area contributed by atoms with Crippen molar-refractivity contribution < 1.29 is 49.7 Å². The Morgan fingerprint density at radius 2 is 1.36 bits per heavy atom. The maximum atomic E-state index is 13.8. The predicted molar refractivity (Wildman–Crippen MR) is 112 cm³/mol. The number of halogens is 8. The maximum absolute atomic E-state index is 13.8. The lowest BCUT2D eigenvalue weighted by Gasteiger charge is -2.32. The van der Waals surface area contributed by atoms with Crippen molar-refractivity contribution in [3.63, 3.8) is 0 Å². The summed E-state index contributed by atoms with van der Waals surface area (Å²) in [6.45, 7) is -0.667. The Morgan fingerprint density at radius 1 is 0.778 bits per heavy atom. The van der Waals surface area contributed by atoms with E-state index in [2.05, 4.69) is 4.74 Å². The first-order valence-corrected chi connectivity index (χ1v) is 10.3. The predicted octanol–water partition coefficient (Wildman–Crippen LogP) is 6.44. The van der Waals surface area contributed by atoms with Gasteiger partial charge in [0.25, 0.3) is 0 Å². The fourth-order valence-electron chi connectivity index (χ4n) is 3.08. The van der Waals surface area contributed by atoms with E-state index in [1.165, 1.54) is 42.5 Å². The Labute approximate surface area is 200 Å². The van der Waals surface area contributed by atoms with E-state index in [1.807, 2.05) is 5.32 Å². The molecule has 3 aromatic rings. The maximum Gasteiger partial charge on any atom is 0.461 e. The van der Waals surface area contributed by atoms with Gasteiger partial charge in [0.05, 0.1) is 0 Å². The third kappa shape index (κ3) is 7.08. The Hall–Kier alpha value is -3.38. The van der Waals surface area contributed by atoms with Gasteiger partial charge in [-0.1, -0.05) is 24.3 Å². The molecule has 0 saturated heterocycles. The third-order valence-corrected chi connectivity index (χ3v) is 4.87. The van der Waals surface area contributed by atoms with Crippen molar-refractivity contribution in [1.29, 1.82) is 0 Å². The van der Waals surface area contributed by atoms with Gasteiger partial charge in [0.2, 0.25) is 5.72 Å². The minimum absolute atomic E-state index is 0.0237. The molecule has 36 heavy (non-hydrogen) atoms. The number of aliphatic hydroxyl groups is 1.